The van der Waals surface area contributed by atoms with E-state index in [1.165, 1.54) is 6.42 Å². The van der Waals surface area contributed by atoms with Gasteiger partial charge in [0.25, 0.3) is 0 Å². The van der Waals surface area contributed by atoms with E-state index in [2.05, 4.69) is 25.6 Å². The number of halogens is 2. The highest BCUT2D eigenvalue weighted by atomic mass is 35.5. The lowest BCUT2D eigenvalue weighted by molar-refractivity contribution is 0.479. The van der Waals surface area contributed by atoms with E-state index in [0.717, 1.165) is 41.9 Å². The maximum Gasteiger partial charge on any atom is 0.226 e. The number of anilines is 1. The molecule has 2 aromatic heterocycles. The van der Waals surface area contributed by atoms with Gasteiger partial charge >= 0.3 is 0 Å². The molecule has 0 bridgehead atoms. The number of aromatic amines is 1. The van der Waals surface area contributed by atoms with E-state index in [9.17, 15) is 0 Å². The Hall–Kier alpha value is -1.04. The van der Waals surface area contributed by atoms with Crippen molar-refractivity contribution in [2.75, 3.05) is 18.4 Å². The minimum atomic E-state index is 0. The molecule has 0 radical (unpaired) electrons. The third-order valence-electron chi connectivity index (χ3n) is 3.34. The van der Waals surface area contributed by atoms with Crippen molar-refractivity contribution in [3.8, 4) is 0 Å². The number of aryl methyl sites for hydroxylation is 1. The van der Waals surface area contributed by atoms with Crippen LogP contribution in [0.5, 0.6) is 0 Å². The van der Waals surface area contributed by atoms with Gasteiger partial charge in [0.05, 0.1) is 5.39 Å². The summed E-state index contributed by atoms with van der Waals surface area (Å²) in [6, 6.07) is 0.405. The van der Waals surface area contributed by atoms with Gasteiger partial charge < -0.3 is 15.6 Å². The number of H-pyrrole nitrogens is 1. The van der Waals surface area contributed by atoms with Crippen molar-refractivity contribution in [2.45, 2.75) is 25.8 Å². The fourth-order valence-corrected chi connectivity index (χ4v) is 2.60. The molecule has 1 saturated heterocycles. The summed E-state index contributed by atoms with van der Waals surface area (Å²) in [7, 11) is 0. The van der Waals surface area contributed by atoms with Gasteiger partial charge in [-0.2, -0.15) is 4.98 Å². The molecule has 0 saturated carbocycles. The number of aromatic nitrogens is 3. The molecular formula is C12H17Cl2N5. The maximum atomic E-state index is 5.95. The minimum absolute atomic E-state index is 0. The number of piperidine rings is 1. The predicted octanol–water partition coefficient (Wildman–Crippen LogP) is 2.51. The van der Waals surface area contributed by atoms with Gasteiger partial charge in [-0.3, -0.25) is 0 Å². The smallest absolute Gasteiger partial charge is 0.226 e. The van der Waals surface area contributed by atoms with Crippen LogP contribution in [0, 0.1) is 6.92 Å². The van der Waals surface area contributed by atoms with Crippen LogP contribution in [0.15, 0.2) is 6.20 Å². The molecule has 1 atom stereocenters. The molecule has 1 fully saturated rings. The Morgan fingerprint density at radius 3 is 3.00 bits per heavy atom. The Bertz CT molecular complexity index is 562. The highest BCUT2D eigenvalue weighted by molar-refractivity contribution is 6.28. The summed E-state index contributed by atoms with van der Waals surface area (Å²) in [6.45, 7) is 4.11. The Balaban J connectivity index is 0.00000133. The Kier molecular flexibility index (Phi) is 4.50. The largest absolute Gasteiger partial charge is 0.365 e. The summed E-state index contributed by atoms with van der Waals surface area (Å²) in [5, 5.41) is 8.16. The first kappa shape index (κ1) is 14.4. The van der Waals surface area contributed by atoms with E-state index in [1.54, 1.807) is 0 Å². The van der Waals surface area contributed by atoms with Crippen LogP contribution < -0.4 is 10.6 Å². The van der Waals surface area contributed by atoms with Crippen molar-refractivity contribution in [1.29, 1.82) is 0 Å². The second kappa shape index (κ2) is 5.94. The third kappa shape index (κ3) is 2.94. The molecule has 0 aliphatic carbocycles. The topological polar surface area (TPSA) is 65.6 Å². The predicted molar refractivity (Wildman–Crippen MR) is 80.4 cm³/mol. The summed E-state index contributed by atoms with van der Waals surface area (Å²) in [6.07, 6.45) is 4.27. The molecule has 0 spiro atoms. The molecule has 2 aromatic rings. The zero-order valence-electron chi connectivity index (χ0n) is 10.7. The summed E-state index contributed by atoms with van der Waals surface area (Å²) < 4.78 is 0. The molecule has 104 valence electrons. The van der Waals surface area contributed by atoms with E-state index in [0.29, 0.717) is 6.04 Å². The van der Waals surface area contributed by atoms with Gasteiger partial charge in [-0.1, -0.05) is 0 Å². The summed E-state index contributed by atoms with van der Waals surface area (Å²) in [5.41, 5.74) is 1.92. The second-order valence-corrected chi connectivity index (χ2v) is 5.06. The molecule has 3 rings (SSSR count). The number of hydrogen-bond donors (Lipinski definition) is 3. The van der Waals surface area contributed by atoms with Gasteiger partial charge in [0.2, 0.25) is 5.28 Å². The first-order valence-corrected chi connectivity index (χ1v) is 6.60. The monoisotopic (exact) mass is 301 g/mol. The van der Waals surface area contributed by atoms with Crippen molar-refractivity contribution in [3.63, 3.8) is 0 Å². The first-order valence-electron chi connectivity index (χ1n) is 6.22. The standard InChI is InChI=1S/C12H16ClN5.ClH/c1-7-5-15-10-9(7)11(18-12(13)17-10)16-8-3-2-4-14-6-8;/h5,8,14H,2-4,6H2,1H3,(H2,15,16,17,18);1H/t8-;/m1./s1. The molecule has 0 amide bonds. The summed E-state index contributed by atoms with van der Waals surface area (Å²) in [4.78, 5) is 11.6. The van der Waals surface area contributed by atoms with Crippen molar-refractivity contribution in [3.05, 3.63) is 17.0 Å². The van der Waals surface area contributed by atoms with Crippen LogP contribution in [0.1, 0.15) is 18.4 Å². The van der Waals surface area contributed by atoms with Crippen molar-refractivity contribution < 1.29 is 0 Å². The molecular weight excluding hydrogens is 285 g/mol. The lowest BCUT2D eigenvalue weighted by Gasteiger charge is -2.24. The van der Waals surface area contributed by atoms with Gasteiger partial charge in [0, 0.05) is 18.8 Å². The van der Waals surface area contributed by atoms with Gasteiger partial charge in [0.1, 0.15) is 11.5 Å². The molecule has 1 aliphatic heterocycles. The van der Waals surface area contributed by atoms with Gasteiger partial charge in [-0.05, 0) is 43.5 Å². The van der Waals surface area contributed by atoms with Crippen LogP contribution in [-0.4, -0.2) is 34.1 Å². The molecule has 0 aromatic carbocycles. The fraction of sp³-hybridized carbons (Fsp3) is 0.500. The number of nitrogens with zero attached hydrogens (tertiary/aromatic N) is 2. The van der Waals surface area contributed by atoms with Crippen molar-refractivity contribution >= 4 is 40.9 Å². The van der Waals surface area contributed by atoms with E-state index in [-0.39, 0.29) is 17.7 Å². The average Bonchev–Trinajstić information content (AvgIpc) is 2.72. The van der Waals surface area contributed by atoms with E-state index in [4.69, 9.17) is 11.6 Å². The number of rotatable bonds is 2. The number of hydrogen-bond acceptors (Lipinski definition) is 4. The van der Waals surface area contributed by atoms with Crippen LogP contribution >= 0.6 is 24.0 Å². The normalized spacial score (nSPS) is 19.2. The van der Waals surface area contributed by atoms with E-state index >= 15 is 0 Å². The molecule has 1 aliphatic rings. The van der Waals surface area contributed by atoms with Crippen LogP contribution in [0.3, 0.4) is 0 Å². The van der Waals surface area contributed by atoms with Crippen LogP contribution in [0.2, 0.25) is 5.28 Å². The quantitative estimate of drug-likeness (QED) is 0.746. The lowest BCUT2D eigenvalue weighted by atomic mass is 10.1. The van der Waals surface area contributed by atoms with E-state index < -0.39 is 0 Å². The minimum Gasteiger partial charge on any atom is -0.365 e. The van der Waals surface area contributed by atoms with Crippen molar-refractivity contribution in [2.24, 2.45) is 0 Å². The maximum absolute atomic E-state index is 5.95. The van der Waals surface area contributed by atoms with Gasteiger partial charge in [-0.15, -0.1) is 12.4 Å². The Morgan fingerprint density at radius 2 is 2.26 bits per heavy atom. The molecule has 3 heterocycles. The fourth-order valence-electron chi connectivity index (χ4n) is 2.43. The molecule has 0 unspecified atom stereocenters. The first-order chi connectivity index (χ1) is 8.74. The van der Waals surface area contributed by atoms with Crippen LogP contribution in [0.4, 0.5) is 5.82 Å². The highest BCUT2D eigenvalue weighted by Gasteiger charge is 2.17. The zero-order chi connectivity index (χ0) is 12.5. The molecule has 7 heteroatoms. The van der Waals surface area contributed by atoms with Crippen LogP contribution in [0.25, 0.3) is 11.0 Å². The number of fused-ring (bicyclic) bond motifs is 1. The second-order valence-electron chi connectivity index (χ2n) is 4.72. The SMILES string of the molecule is Cc1c[nH]c2nc(Cl)nc(N[C@@H]3CCCNC3)c12.Cl. The Morgan fingerprint density at radius 1 is 1.42 bits per heavy atom. The highest BCUT2D eigenvalue weighted by Crippen LogP contribution is 2.26. The number of nitrogens with one attached hydrogen (secondary N) is 3. The average molecular weight is 302 g/mol. The zero-order valence-corrected chi connectivity index (χ0v) is 12.2. The third-order valence-corrected chi connectivity index (χ3v) is 3.51. The molecule has 5 nitrogen and oxygen atoms in total. The van der Waals surface area contributed by atoms with Gasteiger partial charge in [-0.25, -0.2) is 4.98 Å². The van der Waals surface area contributed by atoms with E-state index in [1.807, 2.05) is 13.1 Å². The molecule has 19 heavy (non-hydrogen) atoms. The van der Waals surface area contributed by atoms with Gasteiger partial charge in [0.15, 0.2) is 0 Å². The van der Waals surface area contributed by atoms with Crippen LogP contribution in [-0.2, 0) is 0 Å². The summed E-state index contributed by atoms with van der Waals surface area (Å²) >= 11 is 5.95. The summed E-state index contributed by atoms with van der Waals surface area (Å²) in [5.74, 6) is 0.831. The molecule has 3 N–H and O–H groups in total. The Labute approximate surface area is 123 Å². The van der Waals surface area contributed by atoms with Crippen molar-refractivity contribution in [1.82, 2.24) is 20.3 Å². The lowest BCUT2D eigenvalue weighted by Crippen LogP contribution is -2.38.